The summed E-state index contributed by atoms with van der Waals surface area (Å²) in [5.41, 5.74) is 15.1. The summed E-state index contributed by atoms with van der Waals surface area (Å²) in [6.07, 6.45) is 1.45. The molecule has 0 heterocycles. The molecule has 3 atom stereocenters. The maximum absolute atomic E-state index is 12.7. The smallest absolute Gasteiger partial charge is 0.408 e. The number of hydrogen-bond donors (Lipinski definition) is 7. The number of hydrogen-bond acceptors (Lipinski definition) is 7. The lowest BCUT2D eigenvalue weighted by atomic mass is 10.1. The minimum absolute atomic E-state index is 0.00465. The van der Waals surface area contributed by atoms with Crippen LogP contribution in [0.2, 0.25) is 0 Å². The van der Waals surface area contributed by atoms with Crippen LogP contribution in [0, 0.1) is 5.41 Å². The molecule has 10 N–H and O–H groups in total. The van der Waals surface area contributed by atoms with Crippen LogP contribution in [0.1, 0.15) is 59.8 Å². The average molecular weight is 471 g/mol. The fourth-order valence-electron chi connectivity index (χ4n) is 2.60. The Labute approximate surface area is 194 Å². The molecule has 0 bridgehead atoms. The highest BCUT2D eigenvalue weighted by molar-refractivity contribution is 5.91. The standard InChI is InChI=1S/C20H38N8O5/c1-12(16(30)27-13(11-29)7-5-9-15(21)22)26-17(31)14(8-6-10-25-18(23)24)28-19(32)33-20(2,3)4/h11-14H,5-10H2,1-4H3,(H3,21,22)(H,26,31)(H,27,30)(H,28,32)(H4,23,24,25)/t12-,13+,14-/m1/s1. The molecule has 0 aromatic rings. The number of nitrogens with two attached hydrogens (primary N) is 3. The van der Waals surface area contributed by atoms with E-state index in [0.717, 1.165) is 0 Å². The van der Waals surface area contributed by atoms with Crippen LogP contribution in [-0.4, -0.2) is 66.3 Å². The quantitative estimate of drug-likeness (QED) is 0.0735. The van der Waals surface area contributed by atoms with Gasteiger partial charge in [-0.25, -0.2) is 4.79 Å². The molecule has 0 unspecified atom stereocenters. The number of carbonyl (C=O) groups is 4. The van der Waals surface area contributed by atoms with E-state index in [0.29, 0.717) is 32.0 Å². The van der Waals surface area contributed by atoms with Gasteiger partial charge in [0.25, 0.3) is 0 Å². The molecule has 13 nitrogen and oxygen atoms in total. The van der Waals surface area contributed by atoms with Crippen LogP contribution in [0.25, 0.3) is 0 Å². The highest BCUT2D eigenvalue weighted by Crippen LogP contribution is 2.08. The number of alkyl carbamates (subject to hydrolysis) is 1. The Balaban J connectivity index is 5.00. The summed E-state index contributed by atoms with van der Waals surface area (Å²) in [6.45, 7) is 6.76. The van der Waals surface area contributed by atoms with Gasteiger partial charge in [-0.1, -0.05) is 0 Å². The van der Waals surface area contributed by atoms with E-state index in [1.54, 1.807) is 20.8 Å². The topological polar surface area (TPSA) is 228 Å². The van der Waals surface area contributed by atoms with E-state index in [1.165, 1.54) is 6.92 Å². The Morgan fingerprint density at radius 1 is 1.03 bits per heavy atom. The van der Waals surface area contributed by atoms with Crippen molar-refractivity contribution in [2.45, 2.75) is 83.5 Å². The Morgan fingerprint density at radius 2 is 1.67 bits per heavy atom. The van der Waals surface area contributed by atoms with Crippen LogP contribution in [-0.2, 0) is 19.1 Å². The molecule has 0 radical (unpaired) electrons. The number of carbonyl (C=O) groups excluding carboxylic acids is 4. The van der Waals surface area contributed by atoms with E-state index < -0.39 is 41.6 Å². The largest absolute Gasteiger partial charge is 0.444 e. The number of guanidine groups is 1. The first-order valence-electron chi connectivity index (χ1n) is 10.7. The van der Waals surface area contributed by atoms with Crippen LogP contribution in [0.5, 0.6) is 0 Å². The third kappa shape index (κ3) is 15.1. The second-order valence-corrected chi connectivity index (χ2v) is 8.55. The highest BCUT2D eigenvalue weighted by Gasteiger charge is 2.27. The number of nitrogens with one attached hydrogen (secondary N) is 4. The van der Waals surface area contributed by atoms with Gasteiger partial charge in [0.1, 0.15) is 24.0 Å². The van der Waals surface area contributed by atoms with Crippen molar-refractivity contribution in [2.75, 3.05) is 6.54 Å². The third-order valence-electron chi connectivity index (χ3n) is 4.16. The maximum atomic E-state index is 12.7. The van der Waals surface area contributed by atoms with Gasteiger partial charge in [-0.05, 0) is 53.4 Å². The van der Waals surface area contributed by atoms with E-state index >= 15 is 0 Å². The molecule has 0 aliphatic heterocycles. The molecule has 0 aliphatic carbocycles. The first-order chi connectivity index (χ1) is 15.2. The predicted molar refractivity (Wildman–Crippen MR) is 124 cm³/mol. The van der Waals surface area contributed by atoms with E-state index in [1.807, 2.05) is 0 Å². The Bertz CT molecular complexity index is 716. The molecule has 3 amide bonds. The summed E-state index contributed by atoms with van der Waals surface area (Å²) < 4.78 is 5.20. The van der Waals surface area contributed by atoms with Gasteiger partial charge in [0.05, 0.1) is 11.9 Å². The van der Waals surface area contributed by atoms with Crippen molar-refractivity contribution >= 4 is 36.0 Å². The van der Waals surface area contributed by atoms with Crippen molar-refractivity contribution in [3.8, 4) is 0 Å². The lowest BCUT2D eigenvalue weighted by Crippen LogP contribution is -2.54. The first-order valence-corrected chi connectivity index (χ1v) is 10.7. The number of amidine groups is 1. The van der Waals surface area contributed by atoms with Gasteiger partial charge in [-0.15, -0.1) is 0 Å². The van der Waals surface area contributed by atoms with Gasteiger partial charge in [0, 0.05) is 13.0 Å². The minimum Gasteiger partial charge on any atom is -0.444 e. The Hall–Kier alpha value is -3.38. The molecule has 0 aromatic carbocycles. The molecule has 0 fully saturated rings. The predicted octanol–water partition coefficient (Wildman–Crippen LogP) is -0.772. The summed E-state index contributed by atoms with van der Waals surface area (Å²) in [5.74, 6) is -1.27. The first kappa shape index (κ1) is 29.6. The number of amides is 3. The fourth-order valence-corrected chi connectivity index (χ4v) is 2.60. The summed E-state index contributed by atoms with van der Waals surface area (Å²) in [6, 6.07) is -2.75. The van der Waals surface area contributed by atoms with Crippen molar-refractivity contribution in [1.29, 1.82) is 5.41 Å². The summed E-state index contributed by atoms with van der Waals surface area (Å²) >= 11 is 0. The molecule has 0 rings (SSSR count). The average Bonchev–Trinajstić information content (AvgIpc) is 2.67. The lowest BCUT2D eigenvalue weighted by Gasteiger charge is -2.24. The second kappa shape index (κ2) is 14.6. The lowest BCUT2D eigenvalue weighted by molar-refractivity contribution is -0.130. The number of aliphatic imine (C=N–C) groups is 1. The van der Waals surface area contributed by atoms with Crippen LogP contribution in [0.3, 0.4) is 0 Å². The summed E-state index contributed by atoms with van der Waals surface area (Å²) in [4.78, 5) is 52.3. The summed E-state index contributed by atoms with van der Waals surface area (Å²) in [7, 11) is 0. The maximum Gasteiger partial charge on any atom is 0.408 e. The Morgan fingerprint density at radius 3 is 2.18 bits per heavy atom. The van der Waals surface area contributed by atoms with Gasteiger partial charge < -0.3 is 42.7 Å². The van der Waals surface area contributed by atoms with E-state index in [4.69, 9.17) is 27.3 Å². The molecule has 0 saturated heterocycles. The highest BCUT2D eigenvalue weighted by atomic mass is 16.6. The fraction of sp³-hybridized carbons (Fsp3) is 0.700. The van der Waals surface area contributed by atoms with Crippen molar-refractivity contribution < 1.29 is 23.9 Å². The number of nitrogens with zero attached hydrogens (tertiary/aromatic N) is 1. The molecular weight excluding hydrogens is 432 g/mol. The number of ether oxygens (including phenoxy) is 1. The number of rotatable bonds is 14. The van der Waals surface area contributed by atoms with Crippen LogP contribution >= 0.6 is 0 Å². The van der Waals surface area contributed by atoms with Crippen molar-refractivity contribution in [1.82, 2.24) is 16.0 Å². The van der Waals surface area contributed by atoms with E-state index in [9.17, 15) is 19.2 Å². The van der Waals surface area contributed by atoms with Gasteiger partial charge >= 0.3 is 6.09 Å². The number of aldehydes is 1. The van der Waals surface area contributed by atoms with Gasteiger partial charge in [0.2, 0.25) is 11.8 Å². The second-order valence-electron chi connectivity index (χ2n) is 8.55. The van der Waals surface area contributed by atoms with Crippen molar-refractivity contribution in [3.63, 3.8) is 0 Å². The molecule has 188 valence electrons. The minimum atomic E-state index is -0.998. The molecule has 0 saturated carbocycles. The molecular formula is C20H38N8O5. The van der Waals surface area contributed by atoms with Crippen molar-refractivity contribution in [2.24, 2.45) is 22.2 Å². The molecule has 0 aliphatic rings. The molecule has 0 spiro atoms. The van der Waals surface area contributed by atoms with Crippen LogP contribution < -0.4 is 33.2 Å². The zero-order valence-electron chi connectivity index (χ0n) is 19.8. The van der Waals surface area contributed by atoms with Gasteiger partial charge in [-0.3, -0.25) is 20.0 Å². The SMILES string of the molecule is C[C@@H](NC(=O)[C@@H](CCCN=C(N)N)NC(=O)OC(C)(C)C)C(=O)N[C@H](C=O)CCCC(=N)N. The van der Waals surface area contributed by atoms with Gasteiger partial charge in [-0.2, -0.15) is 0 Å². The molecule has 33 heavy (non-hydrogen) atoms. The van der Waals surface area contributed by atoms with Crippen LogP contribution in [0.15, 0.2) is 4.99 Å². The Kier molecular flexibility index (Phi) is 13.1. The van der Waals surface area contributed by atoms with Crippen molar-refractivity contribution in [3.05, 3.63) is 0 Å². The third-order valence-corrected chi connectivity index (χ3v) is 4.16. The molecule has 0 aromatic heterocycles. The van der Waals surface area contributed by atoms with E-state index in [-0.39, 0.29) is 24.8 Å². The molecule has 13 heteroatoms. The van der Waals surface area contributed by atoms with Gasteiger partial charge in [0.15, 0.2) is 5.96 Å². The summed E-state index contributed by atoms with van der Waals surface area (Å²) in [5, 5.41) is 14.7. The monoisotopic (exact) mass is 470 g/mol. The van der Waals surface area contributed by atoms with E-state index in [2.05, 4.69) is 20.9 Å². The zero-order chi connectivity index (χ0) is 25.6. The van der Waals surface area contributed by atoms with Crippen LogP contribution in [0.4, 0.5) is 4.79 Å². The zero-order valence-corrected chi connectivity index (χ0v) is 19.8. The normalized spacial score (nSPS) is 13.6.